The molecule has 0 fully saturated rings. The van der Waals surface area contributed by atoms with Crippen LogP contribution >= 0.6 is 11.6 Å². The number of halogens is 1. The first-order chi connectivity index (χ1) is 10.1. The number of hydrogen-bond acceptors (Lipinski definition) is 2. The second kappa shape index (κ2) is 7.25. The van der Waals surface area contributed by atoms with Crippen LogP contribution in [0.2, 0.25) is 0 Å². The number of alkyl halides is 1. The Kier molecular flexibility index (Phi) is 5.37. The third-order valence-corrected chi connectivity index (χ3v) is 3.43. The molecule has 0 radical (unpaired) electrons. The summed E-state index contributed by atoms with van der Waals surface area (Å²) in [5.74, 6) is 0.343. The smallest absolute Gasteiger partial charge is 0.255 e. The summed E-state index contributed by atoms with van der Waals surface area (Å²) in [4.78, 5) is 14.4. The van der Waals surface area contributed by atoms with Gasteiger partial charge in [0.2, 0.25) is 0 Å². The highest BCUT2D eigenvalue weighted by molar-refractivity contribution is 6.17. The SMILES string of the molecule is CN(C)Cc1ccccc1NC(=O)c1ccc(CCl)cc1. The monoisotopic (exact) mass is 302 g/mol. The van der Waals surface area contributed by atoms with E-state index in [-0.39, 0.29) is 5.91 Å². The summed E-state index contributed by atoms with van der Waals surface area (Å²) in [6.45, 7) is 0.779. The summed E-state index contributed by atoms with van der Waals surface area (Å²) in [6.07, 6.45) is 0. The van der Waals surface area contributed by atoms with Crippen molar-refractivity contribution in [3.05, 3.63) is 65.2 Å². The van der Waals surface area contributed by atoms with Crippen molar-refractivity contribution in [2.45, 2.75) is 12.4 Å². The molecule has 1 amide bonds. The summed E-state index contributed by atoms with van der Waals surface area (Å²) in [6, 6.07) is 15.2. The molecule has 0 bridgehead atoms. The van der Waals surface area contributed by atoms with E-state index in [1.54, 1.807) is 12.1 Å². The van der Waals surface area contributed by atoms with Gasteiger partial charge in [-0.1, -0.05) is 30.3 Å². The molecule has 0 aliphatic heterocycles. The molecule has 0 aliphatic carbocycles. The molecule has 0 aliphatic rings. The zero-order valence-corrected chi connectivity index (χ0v) is 13.0. The number of nitrogens with zero attached hydrogens (tertiary/aromatic N) is 1. The highest BCUT2D eigenvalue weighted by Crippen LogP contribution is 2.18. The van der Waals surface area contributed by atoms with E-state index in [1.807, 2.05) is 50.5 Å². The van der Waals surface area contributed by atoms with E-state index < -0.39 is 0 Å². The average molecular weight is 303 g/mol. The highest BCUT2D eigenvalue weighted by atomic mass is 35.5. The topological polar surface area (TPSA) is 32.3 Å². The summed E-state index contributed by atoms with van der Waals surface area (Å²) < 4.78 is 0. The van der Waals surface area contributed by atoms with Crippen LogP contribution in [0.5, 0.6) is 0 Å². The fraction of sp³-hybridized carbons (Fsp3) is 0.235. The van der Waals surface area contributed by atoms with E-state index >= 15 is 0 Å². The Balaban J connectivity index is 2.15. The van der Waals surface area contributed by atoms with Gasteiger partial charge in [0.1, 0.15) is 0 Å². The van der Waals surface area contributed by atoms with Gasteiger partial charge in [0.15, 0.2) is 0 Å². The highest BCUT2D eigenvalue weighted by Gasteiger charge is 2.09. The second-order valence-corrected chi connectivity index (χ2v) is 5.45. The molecule has 0 unspecified atom stereocenters. The van der Waals surface area contributed by atoms with Gasteiger partial charge < -0.3 is 10.2 Å². The van der Waals surface area contributed by atoms with Crippen LogP contribution in [0, 0.1) is 0 Å². The molecule has 2 aromatic carbocycles. The van der Waals surface area contributed by atoms with Crippen LogP contribution < -0.4 is 5.32 Å². The first-order valence-electron chi connectivity index (χ1n) is 6.79. The van der Waals surface area contributed by atoms with Crippen molar-refractivity contribution in [2.24, 2.45) is 0 Å². The summed E-state index contributed by atoms with van der Waals surface area (Å²) >= 11 is 5.75. The zero-order chi connectivity index (χ0) is 15.2. The molecular weight excluding hydrogens is 284 g/mol. The van der Waals surface area contributed by atoms with E-state index in [9.17, 15) is 4.79 Å². The molecule has 3 nitrogen and oxygen atoms in total. The average Bonchev–Trinajstić information content (AvgIpc) is 2.49. The van der Waals surface area contributed by atoms with Crippen LogP contribution in [0.25, 0.3) is 0 Å². The van der Waals surface area contributed by atoms with E-state index in [0.29, 0.717) is 11.4 Å². The van der Waals surface area contributed by atoms with Crippen molar-refractivity contribution in [3.63, 3.8) is 0 Å². The fourth-order valence-electron chi connectivity index (χ4n) is 2.06. The summed E-state index contributed by atoms with van der Waals surface area (Å²) in [5, 5.41) is 2.97. The van der Waals surface area contributed by atoms with Gasteiger partial charge in [0.05, 0.1) is 0 Å². The Morgan fingerprint density at radius 2 is 1.76 bits per heavy atom. The lowest BCUT2D eigenvalue weighted by atomic mass is 10.1. The molecule has 21 heavy (non-hydrogen) atoms. The molecule has 0 heterocycles. The molecule has 0 saturated carbocycles. The standard InChI is InChI=1S/C17H19ClN2O/c1-20(2)12-15-5-3-4-6-16(15)19-17(21)14-9-7-13(11-18)8-10-14/h3-10H,11-12H2,1-2H3,(H,19,21). The van der Waals surface area contributed by atoms with Gasteiger partial charge in [-0.15, -0.1) is 11.6 Å². The van der Waals surface area contributed by atoms with E-state index in [4.69, 9.17) is 11.6 Å². The van der Waals surface area contributed by atoms with E-state index in [2.05, 4.69) is 10.2 Å². The van der Waals surface area contributed by atoms with Crippen molar-refractivity contribution in [3.8, 4) is 0 Å². The molecule has 0 spiro atoms. The fourth-order valence-corrected chi connectivity index (χ4v) is 2.24. The second-order valence-electron chi connectivity index (χ2n) is 5.18. The Morgan fingerprint density at radius 1 is 1.10 bits per heavy atom. The maximum Gasteiger partial charge on any atom is 0.255 e. The minimum atomic E-state index is -0.109. The third-order valence-electron chi connectivity index (χ3n) is 3.12. The number of amides is 1. The Bertz CT molecular complexity index is 608. The minimum absolute atomic E-state index is 0.109. The Hall–Kier alpha value is -1.84. The summed E-state index contributed by atoms with van der Waals surface area (Å²) in [7, 11) is 4.01. The van der Waals surface area contributed by atoms with Crippen molar-refractivity contribution in [2.75, 3.05) is 19.4 Å². The van der Waals surface area contributed by atoms with Crippen LogP contribution in [0.3, 0.4) is 0 Å². The number of nitrogens with one attached hydrogen (secondary N) is 1. The molecule has 0 aromatic heterocycles. The Labute approximate surface area is 130 Å². The van der Waals surface area contributed by atoms with Crippen LogP contribution in [-0.4, -0.2) is 24.9 Å². The van der Waals surface area contributed by atoms with Gasteiger partial charge in [0, 0.05) is 23.7 Å². The lowest BCUT2D eigenvalue weighted by Gasteiger charge is -2.15. The molecule has 0 saturated heterocycles. The number of carbonyl (C=O) groups is 1. The van der Waals surface area contributed by atoms with Crippen LogP contribution in [0.1, 0.15) is 21.5 Å². The molecule has 0 atom stereocenters. The maximum atomic E-state index is 12.3. The molecule has 2 aromatic rings. The van der Waals surface area contributed by atoms with Crippen LogP contribution in [-0.2, 0) is 12.4 Å². The number of anilines is 1. The van der Waals surface area contributed by atoms with E-state index in [0.717, 1.165) is 23.4 Å². The maximum absolute atomic E-state index is 12.3. The van der Waals surface area contributed by atoms with Gasteiger partial charge in [-0.2, -0.15) is 0 Å². The van der Waals surface area contributed by atoms with Crippen LogP contribution in [0.15, 0.2) is 48.5 Å². The van der Waals surface area contributed by atoms with Gasteiger partial charge >= 0.3 is 0 Å². The van der Waals surface area contributed by atoms with Crippen molar-refractivity contribution < 1.29 is 4.79 Å². The quantitative estimate of drug-likeness (QED) is 0.853. The Morgan fingerprint density at radius 3 is 2.38 bits per heavy atom. The van der Waals surface area contributed by atoms with Crippen molar-refractivity contribution >= 4 is 23.2 Å². The summed E-state index contributed by atoms with van der Waals surface area (Å²) in [5.41, 5.74) is 3.57. The number of rotatable bonds is 5. The first kappa shape index (κ1) is 15.5. The molecular formula is C17H19ClN2O. The van der Waals surface area contributed by atoms with Crippen molar-refractivity contribution in [1.82, 2.24) is 4.90 Å². The van der Waals surface area contributed by atoms with Gasteiger partial charge in [-0.25, -0.2) is 0 Å². The minimum Gasteiger partial charge on any atom is -0.322 e. The normalized spacial score (nSPS) is 10.7. The van der Waals surface area contributed by atoms with E-state index in [1.165, 1.54) is 0 Å². The predicted molar refractivity (Wildman–Crippen MR) is 87.8 cm³/mol. The van der Waals surface area contributed by atoms with Crippen molar-refractivity contribution in [1.29, 1.82) is 0 Å². The lowest BCUT2D eigenvalue weighted by molar-refractivity contribution is 0.102. The molecule has 4 heteroatoms. The number of carbonyl (C=O) groups excluding carboxylic acids is 1. The third kappa shape index (κ3) is 4.31. The van der Waals surface area contributed by atoms with Gasteiger partial charge in [-0.3, -0.25) is 4.79 Å². The van der Waals surface area contributed by atoms with Crippen LogP contribution in [0.4, 0.5) is 5.69 Å². The number of benzene rings is 2. The molecule has 1 N–H and O–H groups in total. The predicted octanol–water partition coefficient (Wildman–Crippen LogP) is 3.74. The molecule has 110 valence electrons. The lowest BCUT2D eigenvalue weighted by Crippen LogP contribution is -2.16. The molecule has 2 rings (SSSR count). The first-order valence-corrected chi connectivity index (χ1v) is 7.32. The van der Waals surface area contributed by atoms with Gasteiger partial charge in [-0.05, 0) is 43.4 Å². The number of para-hydroxylation sites is 1. The largest absolute Gasteiger partial charge is 0.322 e. The van der Waals surface area contributed by atoms with Gasteiger partial charge in [0.25, 0.3) is 5.91 Å². The zero-order valence-electron chi connectivity index (χ0n) is 12.3. The number of hydrogen-bond donors (Lipinski definition) is 1.